The van der Waals surface area contributed by atoms with Gasteiger partial charge in [-0.25, -0.2) is 0 Å². The third-order valence-corrected chi connectivity index (χ3v) is 5.84. The Bertz CT molecular complexity index is 967. The van der Waals surface area contributed by atoms with E-state index in [2.05, 4.69) is 12.1 Å². The van der Waals surface area contributed by atoms with Crippen molar-refractivity contribution in [2.45, 2.75) is 37.7 Å². The number of ether oxygens (including phenoxy) is 1. The first-order chi connectivity index (χ1) is 14.7. The molecular formula is C27H26O3. The number of Topliss-reactive ketones (excluding diaryl/α,β-unsaturated/α-hetero) is 1. The Hall–Kier alpha value is -3.20. The van der Waals surface area contributed by atoms with Gasteiger partial charge in [-0.1, -0.05) is 91.0 Å². The Morgan fingerprint density at radius 3 is 1.93 bits per heavy atom. The molecule has 4 rings (SSSR count). The van der Waals surface area contributed by atoms with Crippen LogP contribution in [0, 0.1) is 5.92 Å². The average Bonchev–Trinajstić information content (AvgIpc) is 3.07. The molecule has 1 heterocycles. The molecule has 3 unspecified atom stereocenters. The van der Waals surface area contributed by atoms with Crippen molar-refractivity contribution in [3.8, 4) is 0 Å². The number of esters is 1. The van der Waals surface area contributed by atoms with Crippen molar-refractivity contribution in [2.24, 2.45) is 5.92 Å². The number of hydrogen-bond acceptors (Lipinski definition) is 3. The van der Waals surface area contributed by atoms with Crippen LogP contribution in [0.5, 0.6) is 0 Å². The summed E-state index contributed by atoms with van der Waals surface area (Å²) >= 11 is 0. The fourth-order valence-corrected chi connectivity index (χ4v) is 4.28. The maximum Gasteiger partial charge on any atom is 0.317 e. The number of cyclic esters (lactones) is 1. The van der Waals surface area contributed by atoms with E-state index < -0.39 is 12.0 Å². The lowest BCUT2D eigenvalue weighted by Crippen LogP contribution is -2.28. The SMILES string of the molecule is O=C1OC(CCCc2ccccc2)C(=O)C1C(Cc1ccccc1)c1ccccc1. The average molecular weight is 399 g/mol. The lowest BCUT2D eigenvalue weighted by molar-refractivity contribution is -0.145. The first-order valence-corrected chi connectivity index (χ1v) is 10.6. The van der Waals surface area contributed by atoms with Crippen molar-refractivity contribution < 1.29 is 14.3 Å². The molecule has 3 aromatic rings. The molecule has 1 aliphatic rings. The van der Waals surface area contributed by atoms with Crippen molar-refractivity contribution in [3.05, 3.63) is 108 Å². The molecule has 0 N–H and O–H groups in total. The van der Waals surface area contributed by atoms with Crippen LogP contribution in [0.4, 0.5) is 0 Å². The van der Waals surface area contributed by atoms with Crippen LogP contribution in [0.25, 0.3) is 0 Å². The van der Waals surface area contributed by atoms with Crippen molar-refractivity contribution in [1.82, 2.24) is 0 Å². The zero-order valence-corrected chi connectivity index (χ0v) is 16.9. The van der Waals surface area contributed by atoms with Gasteiger partial charge in [0.2, 0.25) is 0 Å². The van der Waals surface area contributed by atoms with Crippen molar-refractivity contribution in [2.75, 3.05) is 0 Å². The molecule has 0 aromatic heterocycles. The summed E-state index contributed by atoms with van der Waals surface area (Å²) in [6.45, 7) is 0. The van der Waals surface area contributed by atoms with Crippen LogP contribution in [-0.4, -0.2) is 17.9 Å². The molecule has 3 aromatic carbocycles. The maximum absolute atomic E-state index is 13.2. The fraction of sp³-hybridized carbons (Fsp3) is 0.259. The number of ketones is 1. The minimum absolute atomic E-state index is 0.0714. The van der Waals surface area contributed by atoms with E-state index in [1.54, 1.807) is 0 Å². The van der Waals surface area contributed by atoms with Gasteiger partial charge in [0.25, 0.3) is 0 Å². The molecule has 0 spiro atoms. The number of benzene rings is 3. The summed E-state index contributed by atoms with van der Waals surface area (Å²) in [6.07, 6.45) is 2.26. The first-order valence-electron chi connectivity index (χ1n) is 10.6. The van der Waals surface area contributed by atoms with Gasteiger partial charge < -0.3 is 4.74 Å². The highest BCUT2D eigenvalue weighted by Gasteiger charge is 2.47. The zero-order valence-electron chi connectivity index (χ0n) is 16.9. The third-order valence-electron chi connectivity index (χ3n) is 5.84. The van der Waals surface area contributed by atoms with E-state index in [9.17, 15) is 9.59 Å². The second-order valence-electron chi connectivity index (χ2n) is 7.89. The predicted molar refractivity (Wildman–Crippen MR) is 117 cm³/mol. The highest BCUT2D eigenvalue weighted by atomic mass is 16.6. The largest absolute Gasteiger partial charge is 0.454 e. The van der Waals surface area contributed by atoms with Gasteiger partial charge in [0.05, 0.1) is 0 Å². The minimum atomic E-state index is -0.741. The monoisotopic (exact) mass is 398 g/mol. The molecule has 0 amide bonds. The van der Waals surface area contributed by atoms with Crippen LogP contribution in [0.3, 0.4) is 0 Å². The van der Waals surface area contributed by atoms with Crippen LogP contribution < -0.4 is 0 Å². The number of rotatable bonds is 8. The Balaban J connectivity index is 1.49. The molecule has 0 aliphatic carbocycles. The van der Waals surface area contributed by atoms with Gasteiger partial charge in [-0.05, 0) is 42.4 Å². The number of carbonyl (C=O) groups is 2. The summed E-state index contributed by atoms with van der Waals surface area (Å²) < 4.78 is 5.58. The highest BCUT2D eigenvalue weighted by molar-refractivity contribution is 6.07. The predicted octanol–water partition coefficient (Wildman–Crippen LogP) is 5.15. The Kier molecular flexibility index (Phi) is 6.38. The molecule has 0 saturated carbocycles. The summed E-state index contributed by atoms with van der Waals surface area (Å²) in [7, 11) is 0. The van der Waals surface area contributed by atoms with E-state index in [4.69, 9.17) is 4.74 Å². The number of hydrogen-bond donors (Lipinski definition) is 0. The van der Waals surface area contributed by atoms with Gasteiger partial charge >= 0.3 is 5.97 Å². The Morgan fingerprint density at radius 2 is 1.30 bits per heavy atom. The molecule has 3 heteroatoms. The van der Waals surface area contributed by atoms with Crippen LogP contribution >= 0.6 is 0 Å². The van der Waals surface area contributed by atoms with E-state index in [0.717, 1.165) is 24.0 Å². The first kappa shape index (κ1) is 20.1. The van der Waals surface area contributed by atoms with E-state index in [1.165, 1.54) is 5.56 Å². The maximum atomic E-state index is 13.2. The topological polar surface area (TPSA) is 43.4 Å². The Morgan fingerprint density at radius 1 is 0.733 bits per heavy atom. The third kappa shape index (κ3) is 4.68. The van der Waals surface area contributed by atoms with Gasteiger partial charge in [-0.15, -0.1) is 0 Å². The lowest BCUT2D eigenvalue weighted by Gasteiger charge is -2.21. The van der Waals surface area contributed by atoms with Crippen LogP contribution in [-0.2, 0) is 27.2 Å². The molecule has 30 heavy (non-hydrogen) atoms. The van der Waals surface area contributed by atoms with Gasteiger partial charge in [0.1, 0.15) is 5.92 Å². The second-order valence-corrected chi connectivity index (χ2v) is 7.89. The standard InChI is InChI=1S/C27H26O3/c28-26-24(18-10-15-20-11-4-1-5-12-20)30-27(29)25(26)23(22-16-8-3-9-17-22)19-21-13-6-2-7-14-21/h1-9,11-14,16-17,23-25H,10,15,18-19H2. The molecule has 1 fully saturated rings. The number of carbonyl (C=O) groups excluding carboxylic acids is 2. The lowest BCUT2D eigenvalue weighted by atomic mass is 9.79. The molecule has 0 bridgehead atoms. The van der Waals surface area contributed by atoms with Crippen LogP contribution in [0.1, 0.15) is 35.4 Å². The van der Waals surface area contributed by atoms with Gasteiger partial charge in [0, 0.05) is 5.92 Å². The van der Waals surface area contributed by atoms with Crippen molar-refractivity contribution >= 4 is 11.8 Å². The molecule has 0 radical (unpaired) electrons. The smallest absolute Gasteiger partial charge is 0.317 e. The summed E-state index contributed by atoms with van der Waals surface area (Å²) in [5.41, 5.74) is 3.35. The van der Waals surface area contributed by atoms with E-state index >= 15 is 0 Å². The second kappa shape index (κ2) is 9.53. The summed E-state index contributed by atoms with van der Waals surface area (Å²) in [4.78, 5) is 26.0. The van der Waals surface area contributed by atoms with Crippen LogP contribution in [0.2, 0.25) is 0 Å². The normalized spacial score (nSPS) is 19.5. The van der Waals surface area contributed by atoms with Crippen molar-refractivity contribution in [3.63, 3.8) is 0 Å². The molecular weight excluding hydrogens is 372 g/mol. The molecule has 3 atom stereocenters. The van der Waals surface area contributed by atoms with Gasteiger partial charge in [-0.3, -0.25) is 9.59 Å². The summed E-state index contributed by atoms with van der Waals surface area (Å²) in [5, 5.41) is 0. The zero-order chi connectivity index (χ0) is 20.8. The fourth-order valence-electron chi connectivity index (χ4n) is 4.28. The quantitative estimate of drug-likeness (QED) is 0.389. The van der Waals surface area contributed by atoms with Crippen LogP contribution in [0.15, 0.2) is 91.0 Å². The van der Waals surface area contributed by atoms with Gasteiger partial charge in [-0.2, -0.15) is 0 Å². The van der Waals surface area contributed by atoms with E-state index in [-0.39, 0.29) is 17.7 Å². The van der Waals surface area contributed by atoms with E-state index in [1.807, 2.05) is 78.9 Å². The summed E-state index contributed by atoms with van der Waals surface area (Å²) in [6, 6.07) is 30.1. The van der Waals surface area contributed by atoms with Gasteiger partial charge in [0.15, 0.2) is 11.9 Å². The number of aryl methyl sites for hydroxylation is 1. The molecule has 152 valence electrons. The summed E-state index contributed by atoms with van der Waals surface area (Å²) in [5.74, 6) is -1.41. The minimum Gasteiger partial charge on any atom is -0.454 e. The van der Waals surface area contributed by atoms with E-state index in [0.29, 0.717) is 12.8 Å². The molecule has 3 nitrogen and oxygen atoms in total. The molecule has 1 aliphatic heterocycles. The highest BCUT2D eigenvalue weighted by Crippen LogP contribution is 2.36. The van der Waals surface area contributed by atoms with Crippen molar-refractivity contribution in [1.29, 1.82) is 0 Å². The Labute approximate surface area is 177 Å². The molecule has 1 saturated heterocycles.